The molecule has 4 saturated carbocycles. The predicted molar refractivity (Wildman–Crippen MR) is 119 cm³/mol. The summed E-state index contributed by atoms with van der Waals surface area (Å²) in [5.74, 6) is -0.326. The van der Waals surface area contributed by atoms with E-state index >= 15 is 0 Å². The van der Waals surface area contributed by atoms with Gasteiger partial charge >= 0.3 is 12.0 Å². The number of urea groups is 1. The lowest BCUT2D eigenvalue weighted by Gasteiger charge is -2.65. The smallest absolute Gasteiger partial charge is 0.332 e. The molecule has 8 atom stereocenters. The summed E-state index contributed by atoms with van der Waals surface area (Å²) in [6, 6.07) is -0.774. The molecule has 9 heteroatoms. The van der Waals surface area contributed by atoms with Crippen LogP contribution in [-0.4, -0.2) is 57.4 Å². The Hall–Kier alpha value is -1.97. The molecule has 0 radical (unpaired) electrons. The van der Waals surface area contributed by atoms with E-state index in [1.165, 1.54) is 0 Å². The Morgan fingerprint density at radius 1 is 1.18 bits per heavy atom. The predicted octanol–water partition coefficient (Wildman–Crippen LogP) is 1.35. The third kappa shape index (κ3) is 3.12. The first kappa shape index (κ1) is 22.8. The van der Waals surface area contributed by atoms with Gasteiger partial charge in [-0.25, -0.2) is 15.0 Å². The number of nitrogens with one attached hydrogen (secondary N) is 1. The minimum absolute atomic E-state index is 0.0468. The van der Waals surface area contributed by atoms with E-state index in [4.69, 9.17) is 10.5 Å². The van der Waals surface area contributed by atoms with E-state index in [1.807, 2.05) is 0 Å². The van der Waals surface area contributed by atoms with Crippen LogP contribution in [0, 0.1) is 28.6 Å². The highest BCUT2D eigenvalue weighted by Crippen LogP contribution is 2.70. The Morgan fingerprint density at radius 3 is 2.64 bits per heavy atom. The maximum absolute atomic E-state index is 12.3. The molecule has 6 N–H and O–H groups in total. The molecular formula is C24H35N3O6. The Morgan fingerprint density at radius 2 is 1.94 bits per heavy atom. The zero-order valence-corrected chi connectivity index (χ0v) is 19.1. The number of amides is 2. The first-order chi connectivity index (χ1) is 15.5. The number of ether oxygens (including phenoxy) is 1. The average molecular weight is 462 g/mol. The van der Waals surface area contributed by atoms with E-state index in [0.29, 0.717) is 38.7 Å². The fraction of sp³-hybridized carbons (Fsp3) is 0.792. The lowest BCUT2D eigenvalue weighted by molar-refractivity contribution is -0.237. The Bertz CT molecular complexity index is 922. The van der Waals surface area contributed by atoms with Crippen molar-refractivity contribution in [3.63, 3.8) is 0 Å². The third-order valence-electron chi connectivity index (χ3n) is 10.1. The van der Waals surface area contributed by atoms with E-state index in [-0.39, 0.29) is 35.6 Å². The fourth-order valence-corrected chi connectivity index (χ4v) is 8.57. The first-order valence-electron chi connectivity index (χ1n) is 12.1. The summed E-state index contributed by atoms with van der Waals surface area (Å²) < 4.78 is 5.18. The van der Waals surface area contributed by atoms with Crippen LogP contribution in [0.15, 0.2) is 16.8 Å². The zero-order chi connectivity index (χ0) is 23.6. The van der Waals surface area contributed by atoms with Gasteiger partial charge in [-0.15, -0.1) is 0 Å². The van der Waals surface area contributed by atoms with Crippen LogP contribution in [0.2, 0.25) is 0 Å². The molecule has 0 aromatic carbocycles. The van der Waals surface area contributed by atoms with Gasteiger partial charge in [0.05, 0.1) is 17.3 Å². The summed E-state index contributed by atoms with van der Waals surface area (Å²) in [5, 5.41) is 38.6. The highest BCUT2D eigenvalue weighted by Gasteiger charge is 2.71. The number of hydrogen-bond acceptors (Lipinski definition) is 7. The van der Waals surface area contributed by atoms with Gasteiger partial charge in [0.25, 0.3) is 0 Å². The van der Waals surface area contributed by atoms with Crippen molar-refractivity contribution in [3.05, 3.63) is 11.6 Å². The summed E-state index contributed by atoms with van der Waals surface area (Å²) >= 11 is 0. The number of cyclic esters (lactones) is 1. The molecule has 33 heavy (non-hydrogen) atoms. The van der Waals surface area contributed by atoms with Gasteiger partial charge in [-0.2, -0.15) is 5.10 Å². The molecule has 9 nitrogen and oxygen atoms in total. The second-order valence-corrected chi connectivity index (χ2v) is 11.3. The SMILES string of the molecule is C[C@]12CC[C@@H]3[C@H](CC[C@]4(O)C[C@@H](O)CC[C@]34/C=N/NC(N)=O)[C@@]1(O)CC[C@@H]2C1=CC(=O)OC1. The number of nitrogens with zero attached hydrogens (tertiary/aromatic N) is 1. The number of aliphatic hydroxyl groups is 3. The maximum Gasteiger partial charge on any atom is 0.332 e. The van der Waals surface area contributed by atoms with Crippen LogP contribution in [0.25, 0.3) is 0 Å². The zero-order valence-electron chi connectivity index (χ0n) is 19.1. The molecule has 182 valence electrons. The van der Waals surface area contributed by atoms with E-state index in [0.717, 1.165) is 24.8 Å². The van der Waals surface area contributed by atoms with Crippen LogP contribution in [0.4, 0.5) is 4.79 Å². The van der Waals surface area contributed by atoms with Gasteiger partial charge in [-0.05, 0) is 74.7 Å². The molecule has 0 aromatic rings. The maximum atomic E-state index is 12.3. The van der Waals surface area contributed by atoms with E-state index < -0.39 is 28.8 Å². The van der Waals surface area contributed by atoms with Crippen LogP contribution < -0.4 is 11.2 Å². The monoisotopic (exact) mass is 461 g/mol. The van der Waals surface area contributed by atoms with Crippen LogP contribution in [0.5, 0.6) is 0 Å². The molecule has 2 amide bonds. The molecular weight excluding hydrogens is 426 g/mol. The molecule has 0 unspecified atom stereocenters. The summed E-state index contributed by atoms with van der Waals surface area (Å²) in [7, 11) is 0. The van der Waals surface area contributed by atoms with Gasteiger partial charge < -0.3 is 25.8 Å². The number of esters is 1. The van der Waals surface area contributed by atoms with Gasteiger partial charge in [0.15, 0.2) is 0 Å². The van der Waals surface area contributed by atoms with E-state index in [2.05, 4.69) is 17.5 Å². The Labute approximate surface area is 193 Å². The molecule has 0 bridgehead atoms. The van der Waals surface area contributed by atoms with Gasteiger partial charge in [-0.1, -0.05) is 6.92 Å². The average Bonchev–Trinajstić information content (AvgIpc) is 3.28. The number of nitrogens with two attached hydrogens (primary N) is 1. The number of hydrogen-bond donors (Lipinski definition) is 5. The quantitative estimate of drug-likeness (QED) is 0.243. The largest absolute Gasteiger partial charge is 0.458 e. The summed E-state index contributed by atoms with van der Waals surface area (Å²) in [6.07, 6.45) is 8.02. The van der Waals surface area contributed by atoms with Crippen LogP contribution in [0.3, 0.4) is 0 Å². The van der Waals surface area contributed by atoms with Crippen molar-refractivity contribution in [1.29, 1.82) is 0 Å². The molecule has 5 aliphatic rings. The van der Waals surface area contributed by atoms with Crippen molar-refractivity contribution in [2.24, 2.45) is 39.4 Å². The highest BCUT2D eigenvalue weighted by molar-refractivity contribution is 5.85. The van der Waals surface area contributed by atoms with Gasteiger partial charge in [0.1, 0.15) is 6.61 Å². The van der Waals surface area contributed by atoms with E-state index in [1.54, 1.807) is 12.3 Å². The van der Waals surface area contributed by atoms with Crippen molar-refractivity contribution in [1.82, 2.24) is 5.43 Å². The van der Waals surface area contributed by atoms with Crippen LogP contribution >= 0.6 is 0 Å². The summed E-state index contributed by atoms with van der Waals surface area (Å²) in [6.45, 7) is 2.45. The van der Waals surface area contributed by atoms with Crippen LogP contribution in [0.1, 0.15) is 64.7 Å². The fourth-order valence-electron chi connectivity index (χ4n) is 8.57. The lowest BCUT2D eigenvalue weighted by Crippen LogP contribution is -2.68. The van der Waals surface area contributed by atoms with Crippen molar-refractivity contribution in [2.45, 2.75) is 82.0 Å². The minimum atomic E-state index is -1.16. The first-order valence-corrected chi connectivity index (χ1v) is 12.1. The molecule has 1 heterocycles. The lowest BCUT2D eigenvalue weighted by atomic mass is 9.41. The van der Waals surface area contributed by atoms with Crippen molar-refractivity contribution in [2.75, 3.05) is 6.61 Å². The number of carbonyl (C=O) groups excluding carboxylic acids is 2. The Balaban J connectivity index is 1.52. The van der Waals surface area contributed by atoms with Crippen molar-refractivity contribution < 1.29 is 29.6 Å². The standard InChI is InChI=1S/C24H35N3O6/c1-21-6-3-17-18(24(21,32)9-5-16(21)14-10-19(29)33-12-14)4-8-23(31)11-15(28)2-7-22(17,23)13-26-27-20(25)30/h10,13,15-18,28,31-32H,2-9,11-12H2,1H3,(H3,25,27,30)/b26-13+/t15-,16+,17+,18-,21+,22-,23-,24-/m0/s1. The Kier molecular flexibility index (Phi) is 5.19. The summed E-state index contributed by atoms with van der Waals surface area (Å²) in [5.41, 5.74) is 5.21. The number of rotatable bonds is 3. The number of fused-ring (bicyclic) bond motifs is 5. The van der Waals surface area contributed by atoms with Gasteiger partial charge in [-0.3, -0.25) is 0 Å². The van der Waals surface area contributed by atoms with Gasteiger partial charge in [0, 0.05) is 29.5 Å². The molecule has 4 fully saturated rings. The third-order valence-corrected chi connectivity index (χ3v) is 10.1. The second-order valence-electron chi connectivity index (χ2n) is 11.3. The van der Waals surface area contributed by atoms with Crippen LogP contribution in [-0.2, 0) is 9.53 Å². The molecule has 4 aliphatic carbocycles. The minimum Gasteiger partial charge on any atom is -0.458 e. The molecule has 0 spiro atoms. The number of aliphatic hydroxyl groups excluding tert-OH is 1. The molecule has 5 rings (SSSR count). The highest BCUT2D eigenvalue weighted by atomic mass is 16.5. The normalized spacial score (nSPS) is 49.1. The number of hydrazone groups is 1. The van der Waals surface area contributed by atoms with Gasteiger partial charge in [0.2, 0.25) is 0 Å². The number of primary amides is 1. The molecule has 1 aliphatic heterocycles. The molecule has 0 saturated heterocycles. The molecule has 0 aromatic heterocycles. The summed E-state index contributed by atoms with van der Waals surface area (Å²) in [4.78, 5) is 23.0. The second kappa shape index (κ2) is 7.52. The topological polar surface area (TPSA) is 154 Å². The van der Waals surface area contributed by atoms with E-state index in [9.17, 15) is 24.9 Å². The van der Waals surface area contributed by atoms with Crippen molar-refractivity contribution in [3.8, 4) is 0 Å². The van der Waals surface area contributed by atoms with Crippen molar-refractivity contribution >= 4 is 18.2 Å². The number of carbonyl (C=O) groups is 2.